The number of carboxylic acid groups (broad SMARTS) is 1. The van der Waals surface area contributed by atoms with Crippen LogP contribution in [0, 0.1) is 51.2 Å². The summed E-state index contributed by atoms with van der Waals surface area (Å²) >= 11 is 3.40. The number of nitrogens with zero attached hydrogens (tertiary/aromatic N) is 8. The minimum Gasteiger partial charge on any atom is -0.481 e. The van der Waals surface area contributed by atoms with Gasteiger partial charge in [0.15, 0.2) is 0 Å². The summed E-state index contributed by atoms with van der Waals surface area (Å²) in [6.45, 7) is 25.2. The molecule has 0 bridgehead atoms. The van der Waals surface area contributed by atoms with Crippen LogP contribution in [0.2, 0.25) is 0 Å². The number of aromatic nitrogens is 4. The molecule has 0 unspecified atom stereocenters. The Balaban J connectivity index is 0.000000160. The van der Waals surface area contributed by atoms with E-state index >= 15 is 0 Å². The van der Waals surface area contributed by atoms with Crippen molar-refractivity contribution in [2.45, 2.75) is 279 Å². The molecule has 0 saturated heterocycles. The van der Waals surface area contributed by atoms with E-state index in [1.54, 1.807) is 19.6 Å². The van der Waals surface area contributed by atoms with Gasteiger partial charge in [0.2, 0.25) is 0 Å². The third kappa shape index (κ3) is 24.4. The van der Waals surface area contributed by atoms with Gasteiger partial charge < -0.3 is 69.4 Å². The van der Waals surface area contributed by atoms with Crippen LogP contribution in [0.3, 0.4) is 0 Å². The molecule has 29 heteroatoms. The van der Waals surface area contributed by atoms with Crippen molar-refractivity contribution in [3.05, 3.63) is 200 Å². The number of fused-ring (bicyclic) bond motifs is 8. The average Bonchev–Trinajstić information content (AvgIpc) is 1.66. The highest BCUT2D eigenvalue weighted by molar-refractivity contribution is 9.10. The number of rotatable bonds is 14. The highest BCUT2D eigenvalue weighted by atomic mass is 79.9. The molecule has 0 radical (unpaired) electrons. The summed E-state index contributed by atoms with van der Waals surface area (Å²) < 4.78 is 40.6. The maximum Gasteiger partial charge on any atom is 0.414 e. The summed E-state index contributed by atoms with van der Waals surface area (Å²) in [5.41, 5.74) is 35.8. The number of aryl methyl sites for hydroxylation is 2. The zero-order valence-corrected chi connectivity index (χ0v) is 87.5. The van der Waals surface area contributed by atoms with Crippen LogP contribution in [0.5, 0.6) is 0 Å². The number of nitrogen functional groups attached to an aromatic ring is 2. The number of imidazole rings is 2. The van der Waals surface area contributed by atoms with Crippen LogP contribution < -0.4 is 36.8 Å². The third-order valence-corrected chi connectivity index (χ3v) is 31.7. The second-order valence-electron chi connectivity index (χ2n) is 42.2. The van der Waals surface area contributed by atoms with Crippen molar-refractivity contribution >= 4 is 127 Å². The Morgan fingerprint density at radius 1 is 0.397 bits per heavy atom. The van der Waals surface area contributed by atoms with Crippen molar-refractivity contribution in [1.82, 2.24) is 19.1 Å². The lowest BCUT2D eigenvalue weighted by molar-refractivity contribution is -0.153. The molecule has 12 atom stereocenters. The van der Waals surface area contributed by atoms with Gasteiger partial charge in [0.1, 0.15) is 17.9 Å². The molecule has 9 aromatic rings. The van der Waals surface area contributed by atoms with Gasteiger partial charge in [0.25, 0.3) is 0 Å². The number of methoxy groups -OCH3 is 7. The summed E-state index contributed by atoms with van der Waals surface area (Å²) in [4.78, 5) is 125. The molecule has 28 nitrogen and oxygen atoms in total. The summed E-state index contributed by atoms with van der Waals surface area (Å²) in [5, 5.41) is 9.79. The molecule has 4 fully saturated rings. The number of hydrogen-bond donors (Lipinski definition) is 4. The Hall–Kier alpha value is -11.9. The predicted molar refractivity (Wildman–Crippen MR) is 556 cm³/mol. The topological polar surface area (TPSA) is 365 Å². The molecule has 0 spiro atoms. The maximum absolute atomic E-state index is 12.7. The normalized spacial score (nSPS) is 23.1. The molecule has 4 aliphatic carbocycles. The lowest BCUT2D eigenvalue weighted by Gasteiger charge is -2.41. The summed E-state index contributed by atoms with van der Waals surface area (Å²) in [6.07, 6.45) is 19.6. The number of aliphatic carboxylic acids is 1. The maximum atomic E-state index is 12.7. The standard InChI is InChI=1S/C30H37N3O4.C29H35N3O4.C23H34N2O4.C12H15BrN2O2.C10H19NO2.C8H8O/c1-19-11-13-22-24(32(19)29(35)37-5)15-16-25-27(22)31-26(17-20-9-7-6-8-10-20)33(25)21-12-14-23(28(34)36-4)30(2,3)18-21;1-18-10-12-21-23(31(18)28(35)36-4)14-15-24-26(21)30-25(16-19-8-6-5-7-9-19)32(24)20-11-13-22(27(33)34)29(2,3)17-20;1-14-6-9-17-19(25(14)22(27)29-5)11-8-16(20(17)24)12-15-7-10-18(21(26)28-4)23(2,3)13-15;1-7-3-4-8-10(15(7)12(16)17-2)6-5-9(13)11(8)14;1-10(2)6-7(11)4-5-8(10)9(12)13-3;9-7-6-8-4-2-1-3-5-8/h6-10,15-16,19,21,23H,11-14,17-18H2,1-5H3;5-9,14-15,18,20,22H,10-13,16-17H2,1-4H3,(H,33,34);8,11,14-15,18H,6-7,9-10,12-13,24H2,1-5H3;5-7H,3-4,14H2,1-2H3;7-8H,4-6,11H2,1-3H3;1-5,7H,6H2/t19-,21-,23-;18-,20-,22-;14-,15+,18-;7-;7-,8-;/m00000./s1. The number of benzene rings is 7. The van der Waals surface area contributed by atoms with Gasteiger partial charge in [-0.3, -0.25) is 38.8 Å². The van der Waals surface area contributed by atoms with Gasteiger partial charge >= 0.3 is 48.3 Å². The predicted octanol–water partition coefficient (Wildman–Crippen LogP) is 22.1. The minimum atomic E-state index is -0.704. The Morgan fingerprint density at radius 3 is 1.09 bits per heavy atom. The first-order chi connectivity index (χ1) is 67.1. The smallest absolute Gasteiger partial charge is 0.414 e. The molecular formula is C112H148BrN11O17. The van der Waals surface area contributed by atoms with Gasteiger partial charge in [-0.2, -0.15) is 0 Å². The lowest BCUT2D eigenvalue weighted by atomic mass is 9.64. The number of halogens is 1. The summed E-state index contributed by atoms with van der Waals surface area (Å²) in [7, 11) is 10.1. The highest BCUT2D eigenvalue weighted by Crippen LogP contribution is 2.53. The molecule has 4 saturated carbocycles. The first-order valence-corrected chi connectivity index (χ1v) is 50.7. The number of hydrogen-bond acceptors (Lipinski definition) is 21. The monoisotopic (exact) mass is 2000 g/mol. The molecule has 4 aliphatic heterocycles. The van der Waals surface area contributed by atoms with Gasteiger partial charge in [-0.25, -0.2) is 29.1 Å². The van der Waals surface area contributed by atoms with Gasteiger partial charge in [0.05, 0.1) is 124 Å². The number of carbonyl (C=O) groups is 9. The van der Waals surface area contributed by atoms with Crippen LogP contribution in [0.4, 0.5) is 53.3 Å². The number of carbonyl (C=O) groups excluding carboxylic acids is 8. The van der Waals surface area contributed by atoms with Crippen LogP contribution in [0.1, 0.15) is 254 Å². The number of carboxylic acids is 1. The van der Waals surface area contributed by atoms with Crippen molar-refractivity contribution in [1.29, 1.82) is 0 Å². The fourth-order valence-electron chi connectivity index (χ4n) is 23.4. The molecule has 2 aromatic heterocycles. The Labute approximate surface area is 839 Å². The molecule has 6 heterocycles. The second kappa shape index (κ2) is 46.9. The molecule has 8 aliphatic rings. The molecule has 760 valence electrons. The molecule has 17 rings (SSSR count). The second-order valence-corrected chi connectivity index (χ2v) is 43.0. The van der Waals surface area contributed by atoms with Crippen molar-refractivity contribution in [2.24, 2.45) is 57.0 Å². The minimum absolute atomic E-state index is 0.00917. The van der Waals surface area contributed by atoms with E-state index in [1.165, 1.54) is 60.9 Å². The van der Waals surface area contributed by atoms with Crippen LogP contribution in [-0.2, 0) is 108 Å². The Kier molecular flexibility index (Phi) is 35.9. The van der Waals surface area contributed by atoms with Gasteiger partial charge in [-0.15, -0.1) is 0 Å². The highest BCUT2D eigenvalue weighted by Gasteiger charge is 2.48. The number of amides is 4. The van der Waals surface area contributed by atoms with Crippen LogP contribution in [0.15, 0.2) is 144 Å². The SMILES string of the molecule is COC(=O)N1c2ccc(Br)c(N)c2CC[C@@H]1C.COC(=O)N1c2ccc3c(nc(Cc4ccccc4)n3[C@H]3CC[C@@H](C(=O)O)C(C)(C)C3)c2CC[C@@H]1C.COC(=O)[C@@H]1CC[C@H](Cc2ccc3c(c2N)CC[C@H](C)N3C(=O)OC)CC1(C)C.COC(=O)[C@@H]1CC[C@H](N)CC1(C)C.COC(=O)[C@@H]1CC[C@H](n2c(Cc3ccccc3)nc3c4c(ccc32)N(C(=O)OC)[C@@H](C)CC4)CC1(C)C.O=CCc1ccccc1. The van der Waals surface area contributed by atoms with E-state index in [0.29, 0.717) is 30.9 Å². The molecule has 7 N–H and O–H groups in total. The molecule has 141 heavy (non-hydrogen) atoms. The number of aldehydes is 1. The van der Waals surface area contributed by atoms with Crippen molar-refractivity contribution in [3.8, 4) is 0 Å². The van der Waals surface area contributed by atoms with E-state index in [0.717, 1.165) is 241 Å². The van der Waals surface area contributed by atoms with E-state index in [9.17, 15) is 48.3 Å². The average molecular weight is 2000 g/mol. The summed E-state index contributed by atoms with van der Waals surface area (Å²) in [5.74, 6) is 1.02. The first kappa shape index (κ1) is 108. The van der Waals surface area contributed by atoms with Crippen molar-refractivity contribution in [3.63, 3.8) is 0 Å². The van der Waals surface area contributed by atoms with Gasteiger partial charge in [-0.05, 0) is 276 Å². The first-order valence-electron chi connectivity index (χ1n) is 49.9. The van der Waals surface area contributed by atoms with Crippen LogP contribution >= 0.6 is 15.9 Å². The van der Waals surface area contributed by atoms with E-state index in [2.05, 4.69) is 148 Å². The van der Waals surface area contributed by atoms with Crippen molar-refractivity contribution < 1.29 is 81.4 Å². The number of anilines is 6. The summed E-state index contributed by atoms with van der Waals surface area (Å²) in [6, 6.07) is 47.5. The van der Waals surface area contributed by atoms with Crippen LogP contribution in [-0.4, -0.2) is 159 Å². The number of esters is 3. The fraction of sp³-hybridized carbons (Fsp3) is 0.527. The van der Waals surface area contributed by atoms with Gasteiger partial charge in [-0.1, -0.05) is 152 Å². The van der Waals surface area contributed by atoms with E-state index in [4.69, 9.17) is 60.3 Å². The number of ether oxygens (including phenoxy) is 7. The Morgan fingerprint density at radius 2 is 0.730 bits per heavy atom. The third-order valence-electron chi connectivity index (χ3n) is 31.0. The van der Waals surface area contributed by atoms with E-state index < -0.39 is 5.97 Å². The largest absolute Gasteiger partial charge is 0.481 e. The zero-order valence-electron chi connectivity index (χ0n) is 85.9. The lowest BCUT2D eigenvalue weighted by Crippen LogP contribution is -2.42. The molecular weight excluding hydrogens is 1850 g/mol. The fourth-order valence-corrected chi connectivity index (χ4v) is 23.8. The molecule has 7 aromatic carbocycles. The van der Waals surface area contributed by atoms with E-state index in [-0.39, 0.29) is 130 Å². The Bertz CT molecular complexity index is 5920. The van der Waals surface area contributed by atoms with Crippen LogP contribution in [0.25, 0.3) is 22.1 Å². The van der Waals surface area contributed by atoms with E-state index in [1.807, 2.05) is 99.6 Å². The molecule has 4 amide bonds. The number of nitrogens with two attached hydrogens (primary N) is 3. The quantitative estimate of drug-likeness (QED) is 0.0340. The van der Waals surface area contributed by atoms with Gasteiger partial charge in [0, 0.05) is 88.4 Å². The van der Waals surface area contributed by atoms with Crippen molar-refractivity contribution in [2.75, 3.05) is 80.8 Å². The zero-order chi connectivity index (χ0) is 102.